The van der Waals surface area contributed by atoms with Crippen LogP contribution >= 0.6 is 0 Å². The summed E-state index contributed by atoms with van der Waals surface area (Å²) < 4.78 is 5.25. The predicted octanol–water partition coefficient (Wildman–Crippen LogP) is 4.83. The van der Waals surface area contributed by atoms with Gasteiger partial charge >= 0.3 is 0 Å². The van der Waals surface area contributed by atoms with Gasteiger partial charge in [0.25, 0.3) is 0 Å². The molecule has 0 fully saturated rings. The minimum atomic E-state index is 0.839. The lowest BCUT2D eigenvalue weighted by molar-refractivity contribution is 0.415. The van der Waals surface area contributed by atoms with Crippen molar-refractivity contribution in [2.24, 2.45) is 0 Å². The summed E-state index contributed by atoms with van der Waals surface area (Å²) in [5.74, 6) is 0.839. The van der Waals surface area contributed by atoms with Gasteiger partial charge in [-0.25, -0.2) is 0 Å². The zero-order valence-electron chi connectivity index (χ0n) is 15.4. The topological polar surface area (TPSA) is 50.8 Å². The summed E-state index contributed by atoms with van der Waals surface area (Å²) in [6, 6.07) is 12.5. The van der Waals surface area contributed by atoms with Crippen LogP contribution in [0, 0.1) is 0 Å². The molecule has 4 nitrogen and oxygen atoms in total. The van der Waals surface area contributed by atoms with Gasteiger partial charge in [-0.05, 0) is 72.4 Å². The zero-order valence-corrected chi connectivity index (χ0v) is 15.4. The van der Waals surface area contributed by atoms with Crippen molar-refractivity contribution in [3.05, 3.63) is 53.1 Å². The number of ether oxygens (including phenoxy) is 1. The summed E-state index contributed by atoms with van der Waals surface area (Å²) in [7, 11) is 1.67. The first-order valence-corrected chi connectivity index (χ1v) is 8.92. The number of nitrogens with zero attached hydrogens (tertiary/aromatic N) is 2. The van der Waals surface area contributed by atoms with Gasteiger partial charge in [0.05, 0.1) is 12.8 Å². The molecule has 0 amide bonds. The van der Waals surface area contributed by atoms with E-state index in [9.17, 15) is 0 Å². The SMILES string of the molecule is CCc1cc(-c2nn[nH]c2-c2ccc(OC)cc2)cc(CC)c1CC. The van der Waals surface area contributed by atoms with Crippen LogP contribution < -0.4 is 4.74 Å². The average molecular weight is 335 g/mol. The third kappa shape index (κ3) is 3.29. The lowest BCUT2D eigenvalue weighted by Gasteiger charge is -2.14. The molecule has 0 spiro atoms. The van der Waals surface area contributed by atoms with E-state index >= 15 is 0 Å². The van der Waals surface area contributed by atoms with E-state index < -0.39 is 0 Å². The van der Waals surface area contributed by atoms with Gasteiger partial charge in [-0.2, -0.15) is 0 Å². The molecule has 0 aliphatic heterocycles. The van der Waals surface area contributed by atoms with Crippen LogP contribution in [-0.2, 0) is 19.3 Å². The van der Waals surface area contributed by atoms with E-state index in [1.165, 1.54) is 16.7 Å². The highest BCUT2D eigenvalue weighted by atomic mass is 16.5. The molecule has 4 heteroatoms. The second-order valence-electron chi connectivity index (χ2n) is 6.10. The van der Waals surface area contributed by atoms with E-state index in [2.05, 4.69) is 48.3 Å². The average Bonchev–Trinajstić information content (AvgIpc) is 3.16. The van der Waals surface area contributed by atoms with E-state index in [1.54, 1.807) is 7.11 Å². The Hall–Kier alpha value is -2.62. The van der Waals surface area contributed by atoms with Crippen LogP contribution in [-0.4, -0.2) is 22.5 Å². The van der Waals surface area contributed by atoms with Crippen LogP contribution in [0.4, 0.5) is 0 Å². The Morgan fingerprint density at radius 1 is 0.880 bits per heavy atom. The molecule has 0 radical (unpaired) electrons. The second kappa shape index (κ2) is 7.51. The maximum absolute atomic E-state index is 5.25. The minimum Gasteiger partial charge on any atom is -0.497 e. The van der Waals surface area contributed by atoms with Crippen LogP contribution in [0.15, 0.2) is 36.4 Å². The highest BCUT2D eigenvalue weighted by Crippen LogP contribution is 2.32. The molecule has 0 saturated heterocycles. The number of hydrogen-bond acceptors (Lipinski definition) is 3. The largest absolute Gasteiger partial charge is 0.497 e. The molecule has 3 rings (SSSR count). The quantitative estimate of drug-likeness (QED) is 0.701. The number of nitrogens with one attached hydrogen (secondary N) is 1. The highest BCUT2D eigenvalue weighted by Gasteiger charge is 2.15. The Kier molecular flexibility index (Phi) is 5.17. The van der Waals surface area contributed by atoms with Crippen molar-refractivity contribution >= 4 is 0 Å². The molecule has 0 saturated carbocycles. The number of methoxy groups -OCH3 is 1. The molecule has 0 bridgehead atoms. The van der Waals surface area contributed by atoms with Crippen LogP contribution in [0.25, 0.3) is 22.5 Å². The highest BCUT2D eigenvalue weighted by molar-refractivity contribution is 5.78. The number of aromatic amines is 1. The number of benzene rings is 2. The molecular weight excluding hydrogens is 310 g/mol. The van der Waals surface area contributed by atoms with Gasteiger partial charge in [0.2, 0.25) is 0 Å². The number of hydrogen-bond donors (Lipinski definition) is 1. The third-order valence-corrected chi connectivity index (χ3v) is 4.75. The molecule has 25 heavy (non-hydrogen) atoms. The molecule has 1 heterocycles. The van der Waals surface area contributed by atoms with Crippen LogP contribution in [0.2, 0.25) is 0 Å². The fourth-order valence-electron chi connectivity index (χ4n) is 3.41. The lowest BCUT2D eigenvalue weighted by atomic mass is 9.91. The smallest absolute Gasteiger partial charge is 0.120 e. The molecule has 0 atom stereocenters. The van der Waals surface area contributed by atoms with Crippen molar-refractivity contribution in [1.29, 1.82) is 0 Å². The fourth-order valence-corrected chi connectivity index (χ4v) is 3.41. The van der Waals surface area contributed by atoms with E-state index in [-0.39, 0.29) is 0 Å². The molecule has 1 aromatic heterocycles. The number of H-pyrrole nitrogens is 1. The summed E-state index contributed by atoms with van der Waals surface area (Å²) in [5.41, 5.74) is 8.31. The summed E-state index contributed by atoms with van der Waals surface area (Å²) >= 11 is 0. The van der Waals surface area contributed by atoms with Crippen molar-refractivity contribution in [3.63, 3.8) is 0 Å². The maximum Gasteiger partial charge on any atom is 0.120 e. The monoisotopic (exact) mass is 335 g/mol. The Balaban J connectivity index is 2.10. The van der Waals surface area contributed by atoms with Crippen LogP contribution in [0.5, 0.6) is 5.75 Å². The van der Waals surface area contributed by atoms with E-state index in [0.29, 0.717) is 0 Å². The van der Waals surface area contributed by atoms with Gasteiger partial charge in [-0.3, -0.25) is 5.10 Å². The Labute approximate surface area is 149 Å². The summed E-state index contributed by atoms with van der Waals surface area (Å²) in [6.45, 7) is 6.65. The Bertz CT molecular complexity index is 825. The molecule has 0 unspecified atom stereocenters. The van der Waals surface area contributed by atoms with Crippen molar-refractivity contribution in [2.45, 2.75) is 40.0 Å². The maximum atomic E-state index is 5.25. The van der Waals surface area contributed by atoms with Gasteiger partial charge in [0.15, 0.2) is 0 Å². The Morgan fingerprint density at radius 3 is 2.04 bits per heavy atom. The predicted molar refractivity (Wildman–Crippen MR) is 102 cm³/mol. The number of aryl methyl sites for hydroxylation is 2. The van der Waals surface area contributed by atoms with E-state index in [4.69, 9.17) is 4.74 Å². The van der Waals surface area contributed by atoms with Gasteiger partial charge in [-0.15, -0.1) is 5.10 Å². The van der Waals surface area contributed by atoms with Gasteiger partial charge in [-0.1, -0.05) is 26.0 Å². The van der Waals surface area contributed by atoms with Crippen LogP contribution in [0.3, 0.4) is 0 Å². The minimum absolute atomic E-state index is 0.839. The van der Waals surface area contributed by atoms with Crippen molar-refractivity contribution < 1.29 is 4.74 Å². The molecule has 2 aromatic carbocycles. The second-order valence-corrected chi connectivity index (χ2v) is 6.10. The molecule has 0 aliphatic rings. The van der Waals surface area contributed by atoms with Crippen molar-refractivity contribution in [3.8, 4) is 28.3 Å². The van der Waals surface area contributed by atoms with Crippen LogP contribution in [0.1, 0.15) is 37.5 Å². The van der Waals surface area contributed by atoms with Crippen molar-refractivity contribution in [2.75, 3.05) is 7.11 Å². The molecular formula is C21H25N3O. The summed E-state index contributed by atoms with van der Waals surface area (Å²) in [6.07, 6.45) is 3.12. The summed E-state index contributed by atoms with van der Waals surface area (Å²) in [5, 5.41) is 11.5. The summed E-state index contributed by atoms with van der Waals surface area (Å²) in [4.78, 5) is 0. The van der Waals surface area contributed by atoms with E-state index in [0.717, 1.165) is 47.5 Å². The lowest BCUT2D eigenvalue weighted by Crippen LogP contribution is -1.99. The van der Waals surface area contributed by atoms with Gasteiger partial charge < -0.3 is 4.74 Å². The number of aromatic nitrogens is 3. The number of rotatable bonds is 6. The molecule has 1 N–H and O–H groups in total. The first kappa shape index (κ1) is 17.2. The standard InChI is InChI=1S/C21H25N3O/c1-5-14-12-17(13-15(6-2)19(14)7-3)21-20(22-24-23-21)16-8-10-18(25-4)11-9-16/h8-13H,5-7H2,1-4H3,(H,22,23,24). The molecule has 130 valence electrons. The van der Waals surface area contributed by atoms with Gasteiger partial charge in [0.1, 0.15) is 11.4 Å². The Morgan fingerprint density at radius 2 is 1.52 bits per heavy atom. The van der Waals surface area contributed by atoms with E-state index in [1.807, 2.05) is 24.3 Å². The van der Waals surface area contributed by atoms with Gasteiger partial charge in [0, 0.05) is 11.1 Å². The molecule has 3 aromatic rings. The molecule has 0 aliphatic carbocycles. The zero-order chi connectivity index (χ0) is 17.8. The normalized spacial score (nSPS) is 10.9. The third-order valence-electron chi connectivity index (χ3n) is 4.75. The fraction of sp³-hybridized carbons (Fsp3) is 0.333. The first-order chi connectivity index (χ1) is 12.2. The van der Waals surface area contributed by atoms with Crippen molar-refractivity contribution in [1.82, 2.24) is 15.4 Å². The first-order valence-electron chi connectivity index (χ1n) is 8.92.